The van der Waals surface area contributed by atoms with Gasteiger partial charge in [-0.2, -0.15) is 0 Å². The first kappa shape index (κ1) is 14.1. The third-order valence-electron chi connectivity index (χ3n) is 2.05. The molecule has 0 bridgehead atoms. The summed E-state index contributed by atoms with van der Waals surface area (Å²) >= 11 is 0. The predicted octanol–water partition coefficient (Wildman–Crippen LogP) is 4.37. The van der Waals surface area contributed by atoms with Crippen molar-refractivity contribution in [3.05, 3.63) is 49.7 Å². The van der Waals surface area contributed by atoms with E-state index >= 15 is 0 Å². The minimum atomic E-state index is -0.536. The van der Waals surface area contributed by atoms with E-state index in [0.29, 0.717) is 0 Å². The Morgan fingerprint density at radius 1 is 1.00 bits per heavy atom. The van der Waals surface area contributed by atoms with Crippen LogP contribution in [0.15, 0.2) is 18.2 Å². The largest absolute Gasteiger partial charge is 0.207 e. The Labute approximate surface area is 91.3 Å². The van der Waals surface area contributed by atoms with Crippen molar-refractivity contribution in [3.63, 3.8) is 0 Å². The summed E-state index contributed by atoms with van der Waals surface area (Å²) in [6.07, 6.45) is 9.50. The highest BCUT2D eigenvalue weighted by Crippen LogP contribution is 2.14. The molecule has 1 aromatic carbocycles. The monoisotopic (exact) mass is 211 g/mol. The molecule has 2 rings (SSSR count). The normalized spacial score (nSPS) is 14.5. The van der Waals surface area contributed by atoms with Crippen LogP contribution < -0.4 is 0 Å². The highest BCUT2D eigenvalue weighted by molar-refractivity contribution is 5.03. The standard InChI is InChI=1S/C6H3F2.C6H11.CH3/c7-5-1-2-6(8)4-3-5;1-2-4-6-5-3-1;/h1-3H;1H,2-6H2;1H3. The quantitative estimate of drug-likeness (QED) is 0.597. The average molecular weight is 211 g/mol. The second kappa shape index (κ2) is 8.39. The van der Waals surface area contributed by atoms with Gasteiger partial charge in [0.05, 0.1) is 0 Å². The molecule has 0 N–H and O–H groups in total. The Morgan fingerprint density at radius 2 is 1.67 bits per heavy atom. The van der Waals surface area contributed by atoms with Crippen LogP contribution in [0.3, 0.4) is 0 Å². The van der Waals surface area contributed by atoms with Crippen LogP contribution in [0.25, 0.3) is 0 Å². The van der Waals surface area contributed by atoms with Crippen LogP contribution in [0.1, 0.15) is 32.1 Å². The first-order valence-electron chi connectivity index (χ1n) is 4.93. The molecule has 3 radical (unpaired) electrons. The molecule has 2 heteroatoms. The van der Waals surface area contributed by atoms with Gasteiger partial charge in [0.1, 0.15) is 11.6 Å². The van der Waals surface area contributed by atoms with Crippen molar-refractivity contribution in [2.45, 2.75) is 32.1 Å². The summed E-state index contributed by atoms with van der Waals surface area (Å²) in [7, 11) is 0. The number of halogens is 2. The lowest BCUT2D eigenvalue weighted by Crippen LogP contribution is -1.87. The SMILES string of the molecule is Fc1[c]cc(F)cc1.[CH3].[CH]1CCCCC1. The van der Waals surface area contributed by atoms with Gasteiger partial charge in [0.2, 0.25) is 0 Å². The van der Waals surface area contributed by atoms with Crippen LogP contribution in [0.5, 0.6) is 0 Å². The highest BCUT2D eigenvalue weighted by Gasteiger charge is 1.95. The molecule has 0 aliphatic heterocycles. The van der Waals surface area contributed by atoms with Crippen LogP contribution in [0.2, 0.25) is 0 Å². The van der Waals surface area contributed by atoms with Gasteiger partial charge in [0.15, 0.2) is 0 Å². The number of rotatable bonds is 0. The molecule has 15 heavy (non-hydrogen) atoms. The Kier molecular flexibility index (Phi) is 7.88. The zero-order chi connectivity index (χ0) is 10.2. The molecule has 1 aromatic rings. The fourth-order valence-electron chi connectivity index (χ4n) is 1.29. The van der Waals surface area contributed by atoms with Gasteiger partial charge in [0, 0.05) is 6.07 Å². The molecular weight excluding hydrogens is 194 g/mol. The molecule has 0 nitrogen and oxygen atoms in total. The lowest BCUT2D eigenvalue weighted by atomic mass is 10.0. The molecule has 83 valence electrons. The van der Waals surface area contributed by atoms with Gasteiger partial charge in [0.25, 0.3) is 0 Å². The van der Waals surface area contributed by atoms with Crippen molar-refractivity contribution in [2.75, 3.05) is 0 Å². The van der Waals surface area contributed by atoms with E-state index < -0.39 is 11.6 Å². The van der Waals surface area contributed by atoms with Crippen molar-refractivity contribution in [2.24, 2.45) is 0 Å². The van der Waals surface area contributed by atoms with E-state index in [1.54, 1.807) is 0 Å². The van der Waals surface area contributed by atoms with Crippen molar-refractivity contribution < 1.29 is 8.78 Å². The van der Waals surface area contributed by atoms with Crippen molar-refractivity contribution in [1.82, 2.24) is 0 Å². The fraction of sp³-hybridized carbons (Fsp3) is 0.385. The summed E-state index contributed by atoms with van der Waals surface area (Å²) in [5.41, 5.74) is 0. The van der Waals surface area contributed by atoms with Crippen molar-refractivity contribution >= 4 is 0 Å². The molecule has 0 unspecified atom stereocenters. The first-order valence-corrected chi connectivity index (χ1v) is 4.93. The lowest BCUT2D eigenvalue weighted by Gasteiger charge is -2.05. The molecule has 0 heterocycles. The van der Waals surface area contributed by atoms with E-state index in [-0.39, 0.29) is 7.43 Å². The van der Waals surface area contributed by atoms with Gasteiger partial charge in [-0.3, -0.25) is 0 Å². The van der Waals surface area contributed by atoms with Gasteiger partial charge in [-0.15, -0.1) is 0 Å². The minimum Gasteiger partial charge on any atom is -0.207 e. The zero-order valence-electron chi connectivity index (χ0n) is 9.10. The Hall–Kier alpha value is -0.920. The minimum absolute atomic E-state index is 0. The predicted molar refractivity (Wildman–Crippen MR) is 59.0 cm³/mol. The Balaban J connectivity index is 0.000000253. The van der Waals surface area contributed by atoms with E-state index in [0.717, 1.165) is 18.2 Å². The Morgan fingerprint density at radius 3 is 1.93 bits per heavy atom. The van der Waals surface area contributed by atoms with Gasteiger partial charge in [-0.05, 0) is 24.6 Å². The second-order valence-electron chi connectivity index (χ2n) is 3.28. The average Bonchev–Trinajstić information content (AvgIpc) is 2.26. The number of hydrogen-bond donors (Lipinski definition) is 0. The number of hydrogen-bond acceptors (Lipinski definition) is 0. The maximum absolute atomic E-state index is 11.9. The van der Waals surface area contributed by atoms with Gasteiger partial charge >= 0.3 is 0 Å². The molecule has 1 aliphatic rings. The Bertz CT molecular complexity index is 205. The molecule has 1 fully saturated rings. The van der Waals surface area contributed by atoms with Crippen LogP contribution in [-0.4, -0.2) is 0 Å². The molecular formula is C13H17F2. The van der Waals surface area contributed by atoms with Crippen LogP contribution in [0, 0.1) is 31.5 Å². The van der Waals surface area contributed by atoms with Gasteiger partial charge in [-0.1, -0.05) is 39.5 Å². The fourth-order valence-corrected chi connectivity index (χ4v) is 1.29. The van der Waals surface area contributed by atoms with Crippen molar-refractivity contribution in [3.8, 4) is 0 Å². The van der Waals surface area contributed by atoms with E-state index in [1.165, 1.54) is 32.1 Å². The first-order chi connectivity index (χ1) is 6.79. The molecule has 0 amide bonds. The van der Waals surface area contributed by atoms with Crippen LogP contribution >= 0.6 is 0 Å². The third kappa shape index (κ3) is 7.06. The third-order valence-corrected chi connectivity index (χ3v) is 2.05. The summed E-state index contributed by atoms with van der Waals surface area (Å²) in [6, 6.07) is 5.08. The summed E-state index contributed by atoms with van der Waals surface area (Å²) < 4.78 is 23.8. The zero-order valence-corrected chi connectivity index (χ0v) is 9.10. The van der Waals surface area contributed by atoms with E-state index in [2.05, 4.69) is 12.5 Å². The summed E-state index contributed by atoms with van der Waals surface area (Å²) in [6.45, 7) is 0. The molecule has 1 aliphatic carbocycles. The molecule has 0 spiro atoms. The molecule has 0 atom stereocenters. The smallest absolute Gasteiger partial charge is 0.131 e. The molecule has 1 saturated carbocycles. The highest BCUT2D eigenvalue weighted by atomic mass is 19.1. The second-order valence-corrected chi connectivity index (χ2v) is 3.28. The van der Waals surface area contributed by atoms with E-state index in [9.17, 15) is 8.78 Å². The molecule has 0 aromatic heterocycles. The van der Waals surface area contributed by atoms with E-state index in [1.807, 2.05) is 0 Å². The van der Waals surface area contributed by atoms with Crippen molar-refractivity contribution in [1.29, 1.82) is 0 Å². The molecule has 0 saturated heterocycles. The summed E-state index contributed by atoms with van der Waals surface area (Å²) in [4.78, 5) is 0. The lowest BCUT2D eigenvalue weighted by molar-refractivity contribution is 0.593. The number of benzene rings is 1. The maximum atomic E-state index is 11.9. The van der Waals surface area contributed by atoms with Crippen LogP contribution in [-0.2, 0) is 0 Å². The summed E-state index contributed by atoms with van der Waals surface area (Å²) in [5.74, 6) is -1.00. The van der Waals surface area contributed by atoms with E-state index in [4.69, 9.17) is 0 Å². The maximum Gasteiger partial charge on any atom is 0.131 e. The topological polar surface area (TPSA) is 0 Å². The van der Waals surface area contributed by atoms with Gasteiger partial charge in [-0.25, -0.2) is 8.78 Å². The summed E-state index contributed by atoms with van der Waals surface area (Å²) in [5, 5.41) is 0. The van der Waals surface area contributed by atoms with Crippen LogP contribution in [0.4, 0.5) is 8.78 Å². The van der Waals surface area contributed by atoms with Gasteiger partial charge < -0.3 is 0 Å².